The summed E-state index contributed by atoms with van der Waals surface area (Å²) in [7, 11) is 0. The van der Waals surface area contributed by atoms with E-state index >= 15 is 0 Å². The van der Waals surface area contributed by atoms with E-state index in [2.05, 4.69) is 48.5 Å². The Balaban J connectivity index is 2.71. The quantitative estimate of drug-likeness (QED) is 0.659. The minimum Gasteiger partial charge on any atom is -0.462 e. The fourth-order valence-corrected chi connectivity index (χ4v) is 3.66. The van der Waals surface area contributed by atoms with Crippen molar-refractivity contribution in [3.8, 4) is 0 Å². The van der Waals surface area contributed by atoms with E-state index in [0.717, 1.165) is 19.3 Å². The molecule has 1 rings (SSSR count). The predicted octanol–water partition coefficient (Wildman–Crippen LogP) is 5.06. The summed E-state index contributed by atoms with van der Waals surface area (Å²) >= 11 is 0. The Bertz CT molecular complexity index is 311. The second-order valence-corrected chi connectivity index (χ2v) is 8.11. The first kappa shape index (κ1) is 17.5. The van der Waals surface area contributed by atoms with Gasteiger partial charge < -0.3 is 4.74 Å². The van der Waals surface area contributed by atoms with Crippen molar-refractivity contribution in [2.24, 2.45) is 29.1 Å². The number of esters is 1. The van der Waals surface area contributed by atoms with E-state index in [-0.39, 0.29) is 17.5 Å². The Hall–Kier alpha value is -0.530. The summed E-state index contributed by atoms with van der Waals surface area (Å²) < 4.78 is 5.92. The Morgan fingerprint density at radius 3 is 2.00 bits per heavy atom. The summed E-state index contributed by atoms with van der Waals surface area (Å²) in [4.78, 5) is 12.7. The molecule has 1 aliphatic carbocycles. The fraction of sp³-hybridized carbons (Fsp3) is 0.944. The number of carbonyl (C=O) groups excluding carboxylic acids is 1. The lowest BCUT2D eigenvalue weighted by atomic mass is 9.73. The molecule has 0 radical (unpaired) electrons. The number of rotatable bonds is 5. The zero-order chi connectivity index (χ0) is 15.5. The molecular weight excluding hydrogens is 248 g/mol. The highest BCUT2D eigenvalue weighted by Crippen LogP contribution is 2.38. The van der Waals surface area contributed by atoms with Crippen molar-refractivity contribution in [3.05, 3.63) is 0 Å². The smallest absolute Gasteiger partial charge is 0.312 e. The second kappa shape index (κ2) is 6.95. The van der Waals surface area contributed by atoms with E-state index in [9.17, 15) is 4.79 Å². The molecule has 3 atom stereocenters. The van der Waals surface area contributed by atoms with Crippen LogP contribution >= 0.6 is 0 Å². The molecule has 2 heteroatoms. The SMILES string of the molecule is CC(C)CC(C)(C(=O)OC1CC(C)CC(C)C1)C(C)C. The van der Waals surface area contributed by atoms with Crippen molar-refractivity contribution in [2.75, 3.05) is 0 Å². The van der Waals surface area contributed by atoms with Gasteiger partial charge in [-0.25, -0.2) is 0 Å². The van der Waals surface area contributed by atoms with E-state index in [1.54, 1.807) is 0 Å². The molecule has 0 N–H and O–H groups in total. The largest absolute Gasteiger partial charge is 0.462 e. The van der Waals surface area contributed by atoms with E-state index < -0.39 is 0 Å². The zero-order valence-corrected chi connectivity index (χ0v) is 14.5. The highest BCUT2D eigenvalue weighted by molar-refractivity contribution is 5.77. The maximum atomic E-state index is 12.7. The Labute approximate surface area is 125 Å². The second-order valence-electron chi connectivity index (χ2n) is 8.11. The molecule has 3 unspecified atom stereocenters. The summed E-state index contributed by atoms with van der Waals surface area (Å²) in [6.45, 7) is 15.2. The standard InChI is InChI=1S/C18H34O2/c1-12(2)11-18(7,13(3)4)17(19)20-16-9-14(5)8-15(6)10-16/h12-16H,8-11H2,1-7H3. The Morgan fingerprint density at radius 2 is 1.60 bits per heavy atom. The van der Waals surface area contributed by atoms with E-state index in [4.69, 9.17) is 4.74 Å². The predicted molar refractivity (Wildman–Crippen MR) is 84.5 cm³/mol. The van der Waals surface area contributed by atoms with Crippen molar-refractivity contribution in [1.82, 2.24) is 0 Å². The van der Waals surface area contributed by atoms with Gasteiger partial charge >= 0.3 is 5.97 Å². The molecule has 0 bridgehead atoms. The van der Waals surface area contributed by atoms with Crippen LogP contribution in [0.15, 0.2) is 0 Å². The Morgan fingerprint density at radius 1 is 1.10 bits per heavy atom. The van der Waals surface area contributed by atoms with Gasteiger partial charge in [-0.05, 0) is 56.3 Å². The van der Waals surface area contributed by atoms with Gasteiger partial charge in [0.15, 0.2) is 0 Å². The third kappa shape index (κ3) is 4.49. The molecule has 1 aliphatic rings. The number of ether oxygens (including phenoxy) is 1. The Kier molecular flexibility index (Phi) is 6.09. The van der Waals surface area contributed by atoms with Crippen LogP contribution in [0.5, 0.6) is 0 Å². The lowest BCUT2D eigenvalue weighted by molar-refractivity contribution is -0.167. The summed E-state index contributed by atoms with van der Waals surface area (Å²) in [6.07, 6.45) is 4.37. The molecule has 0 amide bonds. The molecule has 0 heterocycles. The van der Waals surface area contributed by atoms with Crippen molar-refractivity contribution in [1.29, 1.82) is 0 Å². The van der Waals surface area contributed by atoms with Crippen LogP contribution in [0.25, 0.3) is 0 Å². The van der Waals surface area contributed by atoms with Crippen LogP contribution in [0.4, 0.5) is 0 Å². The molecule has 1 fully saturated rings. The summed E-state index contributed by atoms with van der Waals surface area (Å²) in [5, 5.41) is 0. The molecule has 0 aliphatic heterocycles. The summed E-state index contributed by atoms with van der Waals surface area (Å²) in [5.74, 6) is 2.20. The van der Waals surface area contributed by atoms with Crippen LogP contribution < -0.4 is 0 Å². The maximum absolute atomic E-state index is 12.7. The third-order valence-electron chi connectivity index (χ3n) is 4.98. The van der Waals surface area contributed by atoms with Crippen molar-refractivity contribution in [2.45, 2.75) is 80.3 Å². The molecule has 20 heavy (non-hydrogen) atoms. The maximum Gasteiger partial charge on any atom is 0.312 e. The number of hydrogen-bond donors (Lipinski definition) is 0. The van der Waals surface area contributed by atoms with Crippen molar-refractivity contribution >= 4 is 5.97 Å². The van der Waals surface area contributed by atoms with Gasteiger partial charge in [0.2, 0.25) is 0 Å². The molecule has 1 saturated carbocycles. The van der Waals surface area contributed by atoms with Gasteiger partial charge in [-0.2, -0.15) is 0 Å². The highest BCUT2D eigenvalue weighted by Gasteiger charge is 2.40. The minimum atomic E-state index is -0.349. The van der Waals surface area contributed by atoms with Gasteiger partial charge in [0.05, 0.1) is 5.41 Å². The molecule has 0 aromatic heterocycles. The minimum absolute atomic E-state index is 0.0208. The first-order chi connectivity index (χ1) is 9.15. The average Bonchev–Trinajstić information content (AvgIpc) is 2.25. The van der Waals surface area contributed by atoms with Gasteiger partial charge in [-0.3, -0.25) is 4.79 Å². The molecule has 0 aromatic rings. The lowest BCUT2D eigenvalue weighted by Gasteiger charge is -2.37. The van der Waals surface area contributed by atoms with Gasteiger partial charge in [-0.15, -0.1) is 0 Å². The molecule has 118 valence electrons. The molecule has 0 spiro atoms. The van der Waals surface area contributed by atoms with Crippen LogP contribution in [0, 0.1) is 29.1 Å². The van der Waals surface area contributed by atoms with Crippen molar-refractivity contribution in [3.63, 3.8) is 0 Å². The van der Waals surface area contributed by atoms with Crippen LogP contribution in [-0.2, 0) is 9.53 Å². The first-order valence-electron chi connectivity index (χ1n) is 8.36. The molecule has 0 saturated heterocycles. The van der Waals surface area contributed by atoms with E-state index in [1.807, 2.05) is 0 Å². The van der Waals surface area contributed by atoms with Crippen LogP contribution in [0.2, 0.25) is 0 Å². The van der Waals surface area contributed by atoms with E-state index in [1.165, 1.54) is 6.42 Å². The van der Waals surface area contributed by atoms with Gasteiger partial charge in [0, 0.05) is 0 Å². The highest BCUT2D eigenvalue weighted by atomic mass is 16.5. The number of hydrogen-bond acceptors (Lipinski definition) is 2. The van der Waals surface area contributed by atoms with Crippen LogP contribution in [0.3, 0.4) is 0 Å². The molecule has 0 aromatic carbocycles. The zero-order valence-electron chi connectivity index (χ0n) is 14.5. The number of carbonyl (C=O) groups is 1. The van der Waals surface area contributed by atoms with Crippen molar-refractivity contribution < 1.29 is 9.53 Å². The summed E-state index contributed by atoms with van der Waals surface area (Å²) in [5.41, 5.74) is -0.349. The molecular formula is C18H34O2. The normalized spacial score (nSPS) is 30.4. The monoisotopic (exact) mass is 282 g/mol. The van der Waals surface area contributed by atoms with Gasteiger partial charge in [0.25, 0.3) is 0 Å². The van der Waals surface area contributed by atoms with Crippen LogP contribution in [0.1, 0.15) is 74.1 Å². The molecule has 2 nitrogen and oxygen atoms in total. The third-order valence-corrected chi connectivity index (χ3v) is 4.98. The average molecular weight is 282 g/mol. The van der Waals surface area contributed by atoms with E-state index in [0.29, 0.717) is 23.7 Å². The first-order valence-corrected chi connectivity index (χ1v) is 8.36. The lowest BCUT2D eigenvalue weighted by Crippen LogP contribution is -2.40. The fourth-order valence-electron chi connectivity index (χ4n) is 3.66. The summed E-state index contributed by atoms with van der Waals surface area (Å²) in [6, 6.07) is 0. The van der Waals surface area contributed by atoms with Crippen LogP contribution in [-0.4, -0.2) is 12.1 Å². The van der Waals surface area contributed by atoms with Gasteiger partial charge in [-0.1, -0.05) is 41.5 Å². The van der Waals surface area contributed by atoms with Gasteiger partial charge in [0.1, 0.15) is 6.10 Å². The topological polar surface area (TPSA) is 26.3 Å².